The minimum Gasteiger partial charge on any atom is -0.356 e. The van der Waals surface area contributed by atoms with Crippen molar-refractivity contribution in [1.29, 1.82) is 0 Å². The van der Waals surface area contributed by atoms with Gasteiger partial charge in [-0.15, -0.1) is 0 Å². The molecule has 5 rings (SSSR count). The predicted octanol–water partition coefficient (Wildman–Crippen LogP) is 4.27. The number of carbonyl (C=O) groups is 1. The molecule has 3 aliphatic rings. The maximum absolute atomic E-state index is 12.1. The molecule has 0 spiro atoms. The number of carbonyl (C=O) groups excluding carboxylic acids is 1. The van der Waals surface area contributed by atoms with Gasteiger partial charge < -0.3 is 9.80 Å². The molecule has 3 heterocycles. The number of nitrogens with zero attached hydrogens (tertiary/aromatic N) is 4. The quantitative estimate of drug-likeness (QED) is 0.758. The molecule has 152 valence electrons. The molecule has 2 aliphatic heterocycles. The summed E-state index contributed by atoms with van der Waals surface area (Å²) in [6.45, 7) is 2.84. The second-order valence-corrected chi connectivity index (χ2v) is 8.86. The third kappa shape index (κ3) is 3.73. The Hall–Kier alpha value is -2.14. The zero-order chi connectivity index (χ0) is 19.8. The van der Waals surface area contributed by atoms with Crippen molar-refractivity contribution in [2.45, 2.75) is 57.4 Å². The molecule has 0 radical (unpaired) electrons. The number of halogens is 1. The first kappa shape index (κ1) is 18.9. The summed E-state index contributed by atoms with van der Waals surface area (Å²) in [5.74, 6) is 2.22. The lowest BCUT2D eigenvalue weighted by atomic mass is 9.94. The minimum atomic E-state index is 0.339. The molecule has 1 aromatic heterocycles. The Labute approximate surface area is 177 Å². The average Bonchev–Trinajstić information content (AvgIpc) is 3.19. The van der Waals surface area contributed by atoms with E-state index in [1.54, 1.807) is 0 Å². The van der Waals surface area contributed by atoms with E-state index < -0.39 is 0 Å². The highest BCUT2D eigenvalue weighted by molar-refractivity contribution is 6.30. The van der Waals surface area contributed by atoms with E-state index in [4.69, 9.17) is 21.6 Å². The molecule has 2 fully saturated rings. The molecule has 0 atom stereocenters. The average molecular weight is 411 g/mol. The molecule has 1 amide bonds. The molecule has 0 unspecified atom stereocenters. The number of hydrogen-bond donors (Lipinski definition) is 0. The highest BCUT2D eigenvalue weighted by Gasteiger charge is 2.32. The second-order valence-electron chi connectivity index (χ2n) is 8.42. The van der Waals surface area contributed by atoms with Crippen LogP contribution in [0.2, 0.25) is 5.02 Å². The molecule has 6 heteroatoms. The van der Waals surface area contributed by atoms with Crippen molar-refractivity contribution < 1.29 is 4.79 Å². The molecular weight excluding hydrogens is 384 g/mol. The number of benzene rings is 1. The van der Waals surface area contributed by atoms with E-state index in [0.29, 0.717) is 17.0 Å². The Balaban J connectivity index is 1.43. The number of rotatable bonds is 3. The Morgan fingerprint density at radius 2 is 1.79 bits per heavy atom. The van der Waals surface area contributed by atoms with Gasteiger partial charge in [-0.1, -0.05) is 23.7 Å². The van der Waals surface area contributed by atoms with Crippen molar-refractivity contribution in [2.24, 2.45) is 0 Å². The lowest BCUT2D eigenvalue weighted by Gasteiger charge is -2.38. The number of fused-ring (bicyclic) bond motifs is 1. The number of likely N-dealkylation sites (tertiary alicyclic amines) is 1. The first-order chi connectivity index (χ1) is 14.2. The van der Waals surface area contributed by atoms with Crippen LogP contribution in [0.25, 0.3) is 11.4 Å². The van der Waals surface area contributed by atoms with Gasteiger partial charge in [-0.2, -0.15) is 0 Å². The van der Waals surface area contributed by atoms with E-state index in [-0.39, 0.29) is 0 Å². The monoisotopic (exact) mass is 410 g/mol. The zero-order valence-electron chi connectivity index (χ0n) is 16.7. The summed E-state index contributed by atoms with van der Waals surface area (Å²) in [6.07, 6.45) is 8.27. The summed E-state index contributed by atoms with van der Waals surface area (Å²) in [5.41, 5.74) is 3.51. The lowest BCUT2D eigenvalue weighted by molar-refractivity contribution is -0.130. The first-order valence-corrected chi connectivity index (χ1v) is 11.3. The zero-order valence-corrected chi connectivity index (χ0v) is 17.5. The molecular formula is C23H27ClN4O. The molecule has 0 N–H and O–H groups in total. The van der Waals surface area contributed by atoms with Crippen LogP contribution >= 0.6 is 11.6 Å². The number of hydrogen-bond acceptors (Lipinski definition) is 4. The van der Waals surface area contributed by atoms with Gasteiger partial charge in [-0.25, -0.2) is 9.97 Å². The van der Waals surface area contributed by atoms with Crippen LogP contribution in [0.4, 0.5) is 5.82 Å². The molecule has 2 saturated heterocycles. The molecule has 1 aliphatic carbocycles. The van der Waals surface area contributed by atoms with E-state index in [0.717, 1.165) is 75.4 Å². The van der Waals surface area contributed by atoms with Gasteiger partial charge in [-0.3, -0.25) is 4.79 Å². The summed E-state index contributed by atoms with van der Waals surface area (Å²) < 4.78 is 0. The van der Waals surface area contributed by atoms with Crippen molar-refractivity contribution >= 4 is 23.3 Å². The lowest BCUT2D eigenvalue weighted by Crippen LogP contribution is -2.46. The fourth-order valence-electron chi connectivity index (χ4n) is 5.04. The largest absolute Gasteiger partial charge is 0.356 e. The van der Waals surface area contributed by atoms with Gasteiger partial charge in [0, 0.05) is 53.9 Å². The fraction of sp³-hybridized carbons (Fsp3) is 0.522. The molecule has 5 nitrogen and oxygen atoms in total. The number of anilines is 1. The number of piperidine rings is 1. The molecule has 29 heavy (non-hydrogen) atoms. The van der Waals surface area contributed by atoms with Gasteiger partial charge in [0.1, 0.15) is 5.82 Å². The van der Waals surface area contributed by atoms with Crippen LogP contribution in [0, 0.1) is 0 Å². The summed E-state index contributed by atoms with van der Waals surface area (Å²) in [5, 5.41) is 0.710. The maximum atomic E-state index is 12.1. The van der Waals surface area contributed by atoms with Crippen molar-refractivity contribution in [2.75, 3.05) is 24.5 Å². The summed E-state index contributed by atoms with van der Waals surface area (Å²) in [7, 11) is 0. The van der Waals surface area contributed by atoms with Gasteiger partial charge in [0.25, 0.3) is 0 Å². The third-order valence-electron chi connectivity index (χ3n) is 6.56. The normalized spacial score (nSPS) is 20.2. The van der Waals surface area contributed by atoms with Crippen molar-refractivity contribution in [1.82, 2.24) is 14.9 Å². The van der Waals surface area contributed by atoms with Gasteiger partial charge >= 0.3 is 0 Å². The predicted molar refractivity (Wildman–Crippen MR) is 115 cm³/mol. The Kier molecular flexibility index (Phi) is 5.17. The second kappa shape index (κ2) is 7.94. The van der Waals surface area contributed by atoms with Gasteiger partial charge in [0.2, 0.25) is 5.91 Å². The summed E-state index contributed by atoms with van der Waals surface area (Å²) in [6, 6.07) is 8.21. The van der Waals surface area contributed by atoms with E-state index >= 15 is 0 Å². The van der Waals surface area contributed by atoms with Crippen molar-refractivity contribution in [3.63, 3.8) is 0 Å². The van der Waals surface area contributed by atoms with Crippen LogP contribution in [-0.2, 0) is 17.6 Å². The van der Waals surface area contributed by atoms with E-state index in [1.165, 1.54) is 24.1 Å². The number of aromatic nitrogens is 2. The molecule has 2 aromatic rings. The molecule has 0 saturated carbocycles. The fourth-order valence-corrected chi connectivity index (χ4v) is 5.23. The highest BCUT2D eigenvalue weighted by Crippen LogP contribution is 2.33. The van der Waals surface area contributed by atoms with E-state index in [1.807, 2.05) is 24.3 Å². The van der Waals surface area contributed by atoms with Crippen LogP contribution in [0.1, 0.15) is 49.8 Å². The smallest absolute Gasteiger partial charge is 0.222 e. The number of aryl methyl sites for hydroxylation is 1. The van der Waals surface area contributed by atoms with Crippen LogP contribution < -0.4 is 4.90 Å². The first-order valence-electron chi connectivity index (χ1n) is 10.9. The Morgan fingerprint density at radius 1 is 0.966 bits per heavy atom. The topological polar surface area (TPSA) is 49.3 Å². The van der Waals surface area contributed by atoms with Gasteiger partial charge in [0.05, 0.1) is 0 Å². The van der Waals surface area contributed by atoms with Crippen molar-refractivity contribution in [3.05, 3.63) is 40.5 Å². The highest BCUT2D eigenvalue weighted by atomic mass is 35.5. The van der Waals surface area contributed by atoms with Crippen LogP contribution in [-0.4, -0.2) is 46.5 Å². The summed E-state index contributed by atoms with van der Waals surface area (Å²) in [4.78, 5) is 26.6. The van der Waals surface area contributed by atoms with E-state index in [2.05, 4.69) is 9.80 Å². The number of amides is 1. The van der Waals surface area contributed by atoms with Crippen LogP contribution in [0.5, 0.6) is 0 Å². The summed E-state index contributed by atoms with van der Waals surface area (Å²) >= 11 is 6.22. The Morgan fingerprint density at radius 3 is 2.55 bits per heavy atom. The molecule has 0 bridgehead atoms. The van der Waals surface area contributed by atoms with Gasteiger partial charge in [-0.05, 0) is 57.1 Å². The van der Waals surface area contributed by atoms with E-state index in [9.17, 15) is 4.79 Å². The van der Waals surface area contributed by atoms with Crippen LogP contribution in [0.15, 0.2) is 24.3 Å². The Bertz CT molecular complexity index is 923. The van der Waals surface area contributed by atoms with Crippen LogP contribution in [0.3, 0.4) is 0 Å². The SMILES string of the molecule is O=C1CCCN1C1CCN(c2nc(-c3cccc(Cl)c3)nc3c2CCCC3)CC1. The third-order valence-corrected chi connectivity index (χ3v) is 6.79. The maximum Gasteiger partial charge on any atom is 0.222 e. The standard InChI is InChI=1S/C23H27ClN4O/c24-17-6-3-5-16(15-17)22-25-20-8-2-1-7-19(20)23(26-22)27-13-10-18(11-14-27)28-12-4-9-21(28)29/h3,5-6,15,18H,1-2,4,7-14H2. The van der Waals surface area contributed by atoms with Crippen molar-refractivity contribution in [3.8, 4) is 11.4 Å². The minimum absolute atomic E-state index is 0.339. The van der Waals surface area contributed by atoms with Gasteiger partial charge in [0.15, 0.2) is 5.82 Å². The molecule has 1 aromatic carbocycles.